The molecule has 1 N–H and O–H groups in total. The average molecular weight is 514 g/mol. The number of alkyl halides is 3. The van der Waals surface area contributed by atoms with E-state index in [0.29, 0.717) is 17.1 Å². The number of hydrogen-bond acceptors (Lipinski definition) is 6. The number of anilines is 1. The standard InChI is InChI=1S/C27H26F3N3O4/c28-27(29,30)22-4-2-1-3-20(22)24-21(25(37-32-24)15-5-6-15)14-36-19-12-17-7-8-18(13-19)33(17)23-11-16(26(34)35)9-10-31-23/h1-4,9-11,15,17-19H,5-8,12-14H2,(H,34,35)/t17-,18+,19+. The van der Waals surface area contributed by atoms with E-state index in [-0.39, 0.29) is 47.5 Å². The molecule has 2 aliphatic heterocycles. The Morgan fingerprint density at radius 1 is 1.11 bits per heavy atom. The topological polar surface area (TPSA) is 88.7 Å². The summed E-state index contributed by atoms with van der Waals surface area (Å²) in [6, 6.07) is 8.85. The molecule has 0 spiro atoms. The zero-order valence-electron chi connectivity index (χ0n) is 19.9. The number of pyridine rings is 1. The first-order valence-electron chi connectivity index (χ1n) is 12.5. The van der Waals surface area contributed by atoms with E-state index in [9.17, 15) is 23.1 Å². The van der Waals surface area contributed by atoms with Crippen LogP contribution >= 0.6 is 0 Å². The van der Waals surface area contributed by atoms with E-state index in [1.165, 1.54) is 24.4 Å². The molecule has 7 nitrogen and oxygen atoms in total. The highest BCUT2D eigenvalue weighted by Gasteiger charge is 2.43. The number of benzene rings is 1. The lowest BCUT2D eigenvalue weighted by Crippen LogP contribution is -2.46. The number of carbonyl (C=O) groups is 1. The molecule has 194 valence electrons. The van der Waals surface area contributed by atoms with Gasteiger partial charge in [0.15, 0.2) is 0 Å². The molecule has 2 aromatic heterocycles. The maximum absolute atomic E-state index is 13.7. The summed E-state index contributed by atoms with van der Waals surface area (Å²) in [4.78, 5) is 18.0. The van der Waals surface area contributed by atoms with Crippen molar-refractivity contribution in [1.82, 2.24) is 10.1 Å². The molecule has 3 fully saturated rings. The summed E-state index contributed by atoms with van der Waals surface area (Å²) in [5.41, 5.74) is 0.266. The minimum Gasteiger partial charge on any atom is -0.478 e. The molecule has 2 saturated heterocycles. The average Bonchev–Trinajstić information content (AvgIpc) is 3.58. The van der Waals surface area contributed by atoms with Crippen LogP contribution in [0.25, 0.3) is 11.3 Å². The second-order valence-electron chi connectivity index (χ2n) is 10.1. The van der Waals surface area contributed by atoms with Crippen LogP contribution in [0, 0.1) is 0 Å². The third-order valence-corrected chi connectivity index (χ3v) is 7.66. The van der Waals surface area contributed by atoms with Crippen molar-refractivity contribution in [3.63, 3.8) is 0 Å². The molecule has 3 aliphatic rings. The van der Waals surface area contributed by atoms with Crippen molar-refractivity contribution in [3.05, 3.63) is 65.0 Å². The van der Waals surface area contributed by atoms with Crippen molar-refractivity contribution in [3.8, 4) is 11.3 Å². The van der Waals surface area contributed by atoms with Gasteiger partial charge in [-0.1, -0.05) is 23.4 Å². The lowest BCUT2D eigenvalue weighted by Gasteiger charge is -2.39. The largest absolute Gasteiger partial charge is 0.478 e. The van der Waals surface area contributed by atoms with Gasteiger partial charge in [-0.25, -0.2) is 9.78 Å². The molecule has 1 aromatic carbocycles. The van der Waals surface area contributed by atoms with Crippen LogP contribution in [-0.2, 0) is 17.5 Å². The van der Waals surface area contributed by atoms with Gasteiger partial charge in [-0.05, 0) is 56.7 Å². The van der Waals surface area contributed by atoms with Crippen LogP contribution in [0.2, 0.25) is 0 Å². The number of nitrogens with zero attached hydrogens (tertiary/aromatic N) is 3. The summed E-state index contributed by atoms with van der Waals surface area (Å²) in [6.07, 6.45) is 2.15. The second kappa shape index (κ2) is 9.16. The lowest BCUT2D eigenvalue weighted by atomic mass is 9.98. The van der Waals surface area contributed by atoms with Gasteiger partial charge in [0.2, 0.25) is 0 Å². The molecule has 37 heavy (non-hydrogen) atoms. The predicted molar refractivity (Wildman–Crippen MR) is 127 cm³/mol. The van der Waals surface area contributed by atoms with Gasteiger partial charge >= 0.3 is 12.1 Å². The summed E-state index contributed by atoms with van der Waals surface area (Å²) in [5, 5.41) is 13.4. The Morgan fingerprint density at radius 3 is 2.51 bits per heavy atom. The van der Waals surface area contributed by atoms with Crippen molar-refractivity contribution in [2.75, 3.05) is 4.90 Å². The van der Waals surface area contributed by atoms with Crippen LogP contribution in [0.4, 0.5) is 19.0 Å². The molecule has 3 atom stereocenters. The highest BCUT2D eigenvalue weighted by Crippen LogP contribution is 2.46. The number of carboxylic acids is 1. The number of piperidine rings is 1. The summed E-state index contributed by atoms with van der Waals surface area (Å²) < 4.78 is 53.1. The second-order valence-corrected chi connectivity index (χ2v) is 10.1. The Bertz CT molecular complexity index is 1310. The van der Waals surface area contributed by atoms with Gasteiger partial charge in [-0.3, -0.25) is 0 Å². The molecule has 2 bridgehead atoms. The van der Waals surface area contributed by atoms with E-state index < -0.39 is 17.7 Å². The molecule has 0 radical (unpaired) electrons. The van der Waals surface area contributed by atoms with E-state index >= 15 is 0 Å². The van der Waals surface area contributed by atoms with Crippen LogP contribution in [-0.4, -0.2) is 39.4 Å². The molecule has 4 heterocycles. The molecule has 1 saturated carbocycles. The fraction of sp³-hybridized carbons (Fsp3) is 0.444. The van der Waals surface area contributed by atoms with E-state index in [1.807, 2.05) is 0 Å². The summed E-state index contributed by atoms with van der Waals surface area (Å²) in [5.74, 6) is 0.467. The zero-order chi connectivity index (χ0) is 25.7. The first kappa shape index (κ1) is 24.0. The fourth-order valence-electron chi connectivity index (χ4n) is 5.81. The Balaban J connectivity index is 1.22. The number of rotatable bonds is 7. The summed E-state index contributed by atoms with van der Waals surface area (Å²) >= 11 is 0. The molecule has 6 rings (SSSR count). The van der Waals surface area contributed by atoms with Gasteiger partial charge < -0.3 is 19.3 Å². The Kier molecular flexibility index (Phi) is 5.94. The van der Waals surface area contributed by atoms with Crippen LogP contribution in [0.15, 0.2) is 47.1 Å². The van der Waals surface area contributed by atoms with Crippen molar-refractivity contribution in [1.29, 1.82) is 0 Å². The van der Waals surface area contributed by atoms with Crippen molar-refractivity contribution in [2.45, 2.75) is 75.4 Å². The van der Waals surface area contributed by atoms with E-state index in [1.54, 1.807) is 12.1 Å². The molecule has 10 heteroatoms. The van der Waals surface area contributed by atoms with E-state index in [0.717, 1.165) is 44.6 Å². The highest BCUT2D eigenvalue weighted by atomic mass is 19.4. The molecular weight excluding hydrogens is 487 g/mol. The number of halogens is 3. The summed E-state index contributed by atoms with van der Waals surface area (Å²) in [7, 11) is 0. The molecular formula is C27H26F3N3O4. The number of aromatic carboxylic acids is 1. The van der Waals surface area contributed by atoms with Gasteiger partial charge in [0.25, 0.3) is 0 Å². The monoisotopic (exact) mass is 513 g/mol. The van der Waals surface area contributed by atoms with Crippen LogP contribution < -0.4 is 4.90 Å². The zero-order valence-corrected chi connectivity index (χ0v) is 19.9. The number of aromatic nitrogens is 2. The van der Waals surface area contributed by atoms with Crippen molar-refractivity contribution in [2.24, 2.45) is 0 Å². The lowest BCUT2D eigenvalue weighted by molar-refractivity contribution is -0.137. The Morgan fingerprint density at radius 2 is 1.84 bits per heavy atom. The van der Waals surface area contributed by atoms with E-state index in [2.05, 4.69) is 15.0 Å². The van der Waals surface area contributed by atoms with Crippen LogP contribution in [0.3, 0.4) is 0 Å². The van der Waals surface area contributed by atoms with Gasteiger partial charge in [0, 0.05) is 35.3 Å². The van der Waals surface area contributed by atoms with Crippen molar-refractivity contribution >= 4 is 11.8 Å². The van der Waals surface area contributed by atoms with Crippen LogP contribution in [0.5, 0.6) is 0 Å². The van der Waals surface area contributed by atoms with Crippen LogP contribution in [0.1, 0.15) is 71.7 Å². The minimum absolute atomic E-state index is 0.00326. The normalized spacial score (nSPS) is 23.4. The van der Waals surface area contributed by atoms with Gasteiger partial charge in [0.1, 0.15) is 17.3 Å². The number of ether oxygens (including phenoxy) is 1. The van der Waals surface area contributed by atoms with E-state index in [4.69, 9.17) is 9.26 Å². The van der Waals surface area contributed by atoms with Gasteiger partial charge in [-0.15, -0.1) is 0 Å². The van der Waals surface area contributed by atoms with Gasteiger partial charge in [-0.2, -0.15) is 13.2 Å². The first-order chi connectivity index (χ1) is 17.8. The summed E-state index contributed by atoms with van der Waals surface area (Å²) in [6.45, 7) is 0.133. The molecule has 1 aliphatic carbocycles. The van der Waals surface area contributed by atoms with Crippen molar-refractivity contribution < 1.29 is 32.3 Å². The third kappa shape index (κ3) is 4.58. The Labute approximate surface area is 211 Å². The molecule has 3 aromatic rings. The molecule has 0 amide bonds. The maximum atomic E-state index is 13.7. The SMILES string of the molecule is O=C(O)c1ccnc(N2[C@@H]3CC[C@H]2C[C@@H](OCc2c(-c4ccccc4C(F)(F)F)noc2C2CC2)C3)c1. The minimum atomic E-state index is -4.51. The number of hydrogen-bond donors (Lipinski definition) is 1. The Hall–Kier alpha value is -3.40. The smallest absolute Gasteiger partial charge is 0.417 e. The number of fused-ring (bicyclic) bond motifs is 2. The predicted octanol–water partition coefficient (Wildman–Crippen LogP) is 6.05. The number of carboxylic acid groups (broad SMARTS) is 1. The molecule has 0 unspecified atom stereocenters. The third-order valence-electron chi connectivity index (χ3n) is 7.66. The fourth-order valence-corrected chi connectivity index (χ4v) is 5.81. The van der Waals surface area contributed by atoms with Gasteiger partial charge in [0.05, 0.1) is 23.8 Å². The maximum Gasteiger partial charge on any atom is 0.417 e. The first-order valence-corrected chi connectivity index (χ1v) is 12.5. The highest BCUT2D eigenvalue weighted by molar-refractivity contribution is 5.88. The quantitative estimate of drug-likeness (QED) is 0.412.